The summed E-state index contributed by atoms with van der Waals surface area (Å²) >= 11 is 0. The molecule has 0 aliphatic rings. The Kier molecular flexibility index (Phi) is 4.35. The summed E-state index contributed by atoms with van der Waals surface area (Å²) in [7, 11) is 1.30. The molecule has 0 fully saturated rings. The van der Waals surface area contributed by atoms with Crippen LogP contribution in [-0.2, 0) is 10.2 Å². The molecule has 0 atom stereocenters. The third-order valence-corrected chi connectivity index (χ3v) is 3.19. The van der Waals surface area contributed by atoms with Gasteiger partial charge in [0.1, 0.15) is 5.75 Å². The van der Waals surface area contributed by atoms with E-state index in [1.807, 2.05) is 24.3 Å². The number of carbonyl (C=O) groups is 1. The monoisotopic (exact) mass is 300 g/mol. The minimum Gasteiger partial charge on any atom is -0.464 e. The number of nitrogens with two attached hydrogens (primary N) is 1. The molecule has 1 aromatic heterocycles. The van der Waals surface area contributed by atoms with Crippen molar-refractivity contribution in [2.45, 2.75) is 26.2 Å². The normalized spacial score (nSPS) is 11.1. The number of nitrogen functional groups attached to an aromatic ring is 1. The summed E-state index contributed by atoms with van der Waals surface area (Å²) in [6.07, 6.45) is 0. The molecule has 1 heterocycles. The average Bonchev–Trinajstić information content (AvgIpc) is 2.48. The maximum absolute atomic E-state index is 11.6. The van der Waals surface area contributed by atoms with Gasteiger partial charge in [-0.15, -0.1) is 0 Å². The van der Waals surface area contributed by atoms with Crippen LogP contribution in [0.15, 0.2) is 36.4 Å². The fourth-order valence-corrected chi connectivity index (χ4v) is 2.03. The van der Waals surface area contributed by atoms with E-state index in [1.165, 1.54) is 13.2 Å². The Hall–Kier alpha value is -2.56. The summed E-state index contributed by atoms with van der Waals surface area (Å²) in [5, 5.41) is 0. The quantitative estimate of drug-likeness (QED) is 0.877. The van der Waals surface area contributed by atoms with Gasteiger partial charge in [-0.3, -0.25) is 0 Å². The first-order valence-electron chi connectivity index (χ1n) is 6.95. The Morgan fingerprint density at radius 1 is 1.14 bits per heavy atom. The lowest BCUT2D eigenvalue weighted by atomic mass is 9.86. The SMILES string of the molecule is COC(=O)c1ccc(N)c(Oc2ccccc2C(C)(C)C)n1. The van der Waals surface area contributed by atoms with E-state index in [2.05, 4.69) is 30.5 Å². The van der Waals surface area contributed by atoms with Crippen molar-refractivity contribution in [2.24, 2.45) is 0 Å². The van der Waals surface area contributed by atoms with Crippen LogP contribution in [0.5, 0.6) is 11.6 Å². The van der Waals surface area contributed by atoms with Gasteiger partial charge in [0.15, 0.2) is 5.69 Å². The van der Waals surface area contributed by atoms with Crippen LogP contribution in [0.3, 0.4) is 0 Å². The molecular formula is C17H20N2O3. The van der Waals surface area contributed by atoms with Crippen molar-refractivity contribution in [3.63, 3.8) is 0 Å². The molecule has 2 rings (SSSR count). The van der Waals surface area contributed by atoms with E-state index in [0.717, 1.165) is 5.56 Å². The topological polar surface area (TPSA) is 74.4 Å². The van der Waals surface area contributed by atoms with Crippen molar-refractivity contribution in [1.29, 1.82) is 0 Å². The van der Waals surface area contributed by atoms with Crippen molar-refractivity contribution in [3.05, 3.63) is 47.7 Å². The van der Waals surface area contributed by atoms with Crippen LogP contribution in [-0.4, -0.2) is 18.1 Å². The molecule has 0 amide bonds. The highest BCUT2D eigenvalue weighted by atomic mass is 16.5. The molecule has 0 bridgehead atoms. The molecule has 0 aliphatic carbocycles. The first kappa shape index (κ1) is 15.8. The molecule has 0 saturated heterocycles. The van der Waals surface area contributed by atoms with E-state index in [-0.39, 0.29) is 17.0 Å². The Morgan fingerprint density at radius 2 is 1.82 bits per heavy atom. The van der Waals surface area contributed by atoms with E-state index in [9.17, 15) is 4.79 Å². The highest BCUT2D eigenvalue weighted by Crippen LogP contribution is 2.35. The van der Waals surface area contributed by atoms with Crippen molar-refractivity contribution in [1.82, 2.24) is 4.98 Å². The average molecular weight is 300 g/mol. The second kappa shape index (κ2) is 6.05. The molecule has 1 aromatic carbocycles. The van der Waals surface area contributed by atoms with Gasteiger partial charge in [0.2, 0.25) is 5.88 Å². The molecule has 5 nitrogen and oxygen atoms in total. The molecule has 2 aromatic rings. The van der Waals surface area contributed by atoms with Gasteiger partial charge in [-0.1, -0.05) is 39.0 Å². The van der Waals surface area contributed by atoms with Gasteiger partial charge in [-0.25, -0.2) is 9.78 Å². The maximum Gasteiger partial charge on any atom is 0.356 e. The fourth-order valence-electron chi connectivity index (χ4n) is 2.03. The number of rotatable bonds is 3. The van der Waals surface area contributed by atoms with Crippen LogP contribution in [0, 0.1) is 0 Å². The number of pyridine rings is 1. The number of esters is 1. The van der Waals surface area contributed by atoms with Crippen LogP contribution < -0.4 is 10.5 Å². The zero-order chi connectivity index (χ0) is 16.3. The van der Waals surface area contributed by atoms with Gasteiger partial charge in [0.05, 0.1) is 12.8 Å². The fraction of sp³-hybridized carbons (Fsp3) is 0.294. The first-order chi connectivity index (χ1) is 10.3. The molecule has 0 spiro atoms. The van der Waals surface area contributed by atoms with Crippen LogP contribution in [0.25, 0.3) is 0 Å². The molecule has 2 N–H and O–H groups in total. The predicted molar refractivity (Wildman–Crippen MR) is 85.2 cm³/mol. The second-order valence-electron chi connectivity index (χ2n) is 5.93. The maximum atomic E-state index is 11.6. The largest absolute Gasteiger partial charge is 0.464 e. The Bertz CT molecular complexity index is 691. The van der Waals surface area contributed by atoms with E-state index < -0.39 is 5.97 Å². The van der Waals surface area contributed by atoms with Gasteiger partial charge >= 0.3 is 5.97 Å². The van der Waals surface area contributed by atoms with Crippen LogP contribution in [0.1, 0.15) is 36.8 Å². The molecular weight excluding hydrogens is 280 g/mol. The number of nitrogens with zero attached hydrogens (tertiary/aromatic N) is 1. The van der Waals surface area contributed by atoms with Crippen molar-refractivity contribution in [2.75, 3.05) is 12.8 Å². The molecule has 0 radical (unpaired) electrons. The number of carbonyl (C=O) groups excluding carboxylic acids is 1. The molecule has 116 valence electrons. The number of ether oxygens (including phenoxy) is 2. The highest BCUT2D eigenvalue weighted by Gasteiger charge is 2.20. The third kappa shape index (κ3) is 3.36. The Labute approximate surface area is 130 Å². The standard InChI is InChI=1S/C17H20N2O3/c1-17(2,3)11-7-5-6-8-14(11)22-15-12(18)9-10-13(19-15)16(20)21-4/h5-10H,18H2,1-4H3. The predicted octanol–water partition coefficient (Wildman–Crippen LogP) is 3.54. The summed E-state index contributed by atoms with van der Waals surface area (Å²) in [4.78, 5) is 15.7. The first-order valence-corrected chi connectivity index (χ1v) is 6.95. The van der Waals surface area contributed by atoms with E-state index in [0.29, 0.717) is 11.4 Å². The zero-order valence-corrected chi connectivity index (χ0v) is 13.2. The lowest BCUT2D eigenvalue weighted by Crippen LogP contribution is -2.13. The molecule has 0 unspecified atom stereocenters. The Balaban J connectivity index is 2.42. The van der Waals surface area contributed by atoms with Crippen molar-refractivity contribution in [3.8, 4) is 11.6 Å². The number of aromatic nitrogens is 1. The number of methoxy groups -OCH3 is 1. The molecule has 22 heavy (non-hydrogen) atoms. The summed E-state index contributed by atoms with van der Waals surface area (Å²) in [6, 6.07) is 10.8. The van der Waals surface area contributed by atoms with E-state index in [4.69, 9.17) is 10.5 Å². The number of hydrogen-bond donors (Lipinski definition) is 1. The van der Waals surface area contributed by atoms with Crippen LogP contribution >= 0.6 is 0 Å². The number of hydrogen-bond acceptors (Lipinski definition) is 5. The van der Waals surface area contributed by atoms with E-state index in [1.54, 1.807) is 6.07 Å². The number of para-hydroxylation sites is 1. The smallest absolute Gasteiger partial charge is 0.356 e. The van der Waals surface area contributed by atoms with Crippen molar-refractivity contribution < 1.29 is 14.3 Å². The lowest BCUT2D eigenvalue weighted by molar-refractivity contribution is 0.0593. The van der Waals surface area contributed by atoms with Crippen molar-refractivity contribution >= 4 is 11.7 Å². The molecule has 0 saturated carbocycles. The lowest BCUT2D eigenvalue weighted by Gasteiger charge is -2.22. The minimum atomic E-state index is -0.533. The van der Waals surface area contributed by atoms with Gasteiger partial charge in [0.25, 0.3) is 0 Å². The molecule has 0 aliphatic heterocycles. The summed E-state index contributed by atoms with van der Waals surface area (Å²) in [6.45, 7) is 6.28. The van der Waals surface area contributed by atoms with Gasteiger partial charge < -0.3 is 15.2 Å². The summed E-state index contributed by atoms with van der Waals surface area (Å²) in [5.74, 6) is 0.324. The van der Waals surface area contributed by atoms with Gasteiger partial charge in [0, 0.05) is 5.56 Å². The third-order valence-electron chi connectivity index (χ3n) is 3.19. The number of benzene rings is 1. The Morgan fingerprint density at radius 3 is 2.45 bits per heavy atom. The van der Waals surface area contributed by atoms with Gasteiger partial charge in [-0.2, -0.15) is 0 Å². The summed E-state index contributed by atoms with van der Waals surface area (Å²) < 4.78 is 10.5. The molecule has 5 heteroatoms. The zero-order valence-electron chi connectivity index (χ0n) is 13.2. The summed E-state index contributed by atoms with van der Waals surface area (Å²) in [5.41, 5.74) is 7.34. The minimum absolute atomic E-state index is 0.0919. The van der Waals surface area contributed by atoms with Crippen LogP contribution in [0.4, 0.5) is 5.69 Å². The number of anilines is 1. The van der Waals surface area contributed by atoms with E-state index >= 15 is 0 Å². The van der Waals surface area contributed by atoms with Crippen LogP contribution in [0.2, 0.25) is 0 Å². The highest BCUT2D eigenvalue weighted by molar-refractivity contribution is 5.87. The second-order valence-corrected chi connectivity index (χ2v) is 5.93. The van der Waals surface area contributed by atoms with Gasteiger partial charge in [-0.05, 0) is 23.6 Å².